The van der Waals surface area contributed by atoms with E-state index in [0.717, 1.165) is 34.1 Å². The van der Waals surface area contributed by atoms with Gasteiger partial charge in [0.15, 0.2) is 11.9 Å². The predicted octanol–water partition coefficient (Wildman–Crippen LogP) is 2.50. The Kier molecular flexibility index (Phi) is 4.16. The van der Waals surface area contributed by atoms with Crippen LogP contribution in [0.15, 0.2) is 48.7 Å². The zero-order valence-corrected chi connectivity index (χ0v) is 14.8. The minimum absolute atomic E-state index is 0.108. The second-order valence-corrected chi connectivity index (χ2v) is 6.50. The molecule has 0 saturated heterocycles. The number of para-hydroxylation sites is 1. The fourth-order valence-corrected chi connectivity index (χ4v) is 3.14. The van der Waals surface area contributed by atoms with Crippen LogP contribution >= 0.6 is 0 Å². The van der Waals surface area contributed by atoms with Crippen LogP contribution in [0.4, 0.5) is 0 Å². The van der Waals surface area contributed by atoms with E-state index in [-0.39, 0.29) is 5.91 Å². The van der Waals surface area contributed by atoms with Gasteiger partial charge in [0, 0.05) is 24.9 Å². The van der Waals surface area contributed by atoms with E-state index in [1.54, 1.807) is 10.9 Å². The molecule has 4 rings (SSSR count). The quantitative estimate of drug-likeness (QED) is 0.786. The largest absolute Gasteiger partial charge is 0.480 e. The summed E-state index contributed by atoms with van der Waals surface area (Å²) in [6, 6.07) is 13.6. The molecule has 1 aliphatic heterocycles. The minimum atomic E-state index is -0.464. The molecule has 132 valence electrons. The van der Waals surface area contributed by atoms with Gasteiger partial charge in [0.05, 0.1) is 5.69 Å². The number of hydrogen-bond donors (Lipinski definition) is 1. The molecule has 3 heterocycles. The Hall–Kier alpha value is -3.15. The Balaban J connectivity index is 1.37. The maximum atomic E-state index is 12.4. The summed E-state index contributed by atoms with van der Waals surface area (Å²) in [6.07, 6.45) is 1.90. The van der Waals surface area contributed by atoms with Gasteiger partial charge in [-0.25, -0.2) is 9.67 Å². The first-order valence-electron chi connectivity index (χ1n) is 8.61. The van der Waals surface area contributed by atoms with Crippen LogP contribution in [0.25, 0.3) is 5.82 Å². The summed E-state index contributed by atoms with van der Waals surface area (Å²) in [6.45, 7) is 4.37. The number of carbonyl (C=O) groups excluding carboxylic acids is 1. The number of nitrogens with zero attached hydrogens (tertiary/aromatic N) is 3. The first-order valence-corrected chi connectivity index (χ1v) is 8.61. The molecule has 1 N–H and O–H groups in total. The van der Waals surface area contributed by atoms with E-state index in [2.05, 4.69) is 15.4 Å². The number of fused-ring (bicyclic) bond motifs is 1. The average molecular weight is 348 g/mol. The highest BCUT2D eigenvalue weighted by atomic mass is 16.5. The van der Waals surface area contributed by atoms with Gasteiger partial charge in [-0.05, 0) is 43.2 Å². The number of pyridine rings is 1. The molecule has 0 radical (unpaired) electrons. The number of ether oxygens (including phenoxy) is 1. The van der Waals surface area contributed by atoms with Crippen LogP contribution in [-0.4, -0.2) is 26.8 Å². The molecule has 1 amide bonds. The topological polar surface area (TPSA) is 69.0 Å². The highest BCUT2D eigenvalue weighted by Crippen LogP contribution is 2.28. The zero-order chi connectivity index (χ0) is 18.1. The number of nitrogens with one attached hydrogen (secondary N) is 1. The monoisotopic (exact) mass is 348 g/mol. The lowest BCUT2D eigenvalue weighted by Crippen LogP contribution is -2.37. The molecule has 6 nitrogen and oxygen atoms in total. The van der Waals surface area contributed by atoms with Crippen molar-refractivity contribution < 1.29 is 9.53 Å². The first kappa shape index (κ1) is 16.3. The van der Waals surface area contributed by atoms with Crippen molar-refractivity contribution in [1.82, 2.24) is 20.1 Å². The lowest BCUT2D eigenvalue weighted by Gasteiger charge is -2.11. The average Bonchev–Trinajstić information content (AvgIpc) is 3.23. The Morgan fingerprint density at radius 2 is 2.12 bits per heavy atom. The standard InChI is InChI=1S/C20H20N4O2/c1-13-9-14(2)24(23-13)19-8-7-15(11-21-19)12-22-20(25)18-10-16-5-3-4-6-17(16)26-18/h3-9,11,18H,10,12H2,1-2H3,(H,22,25). The van der Waals surface area contributed by atoms with Crippen LogP contribution in [0.3, 0.4) is 0 Å². The van der Waals surface area contributed by atoms with Crippen molar-refractivity contribution in [1.29, 1.82) is 0 Å². The first-order chi connectivity index (χ1) is 12.6. The summed E-state index contributed by atoms with van der Waals surface area (Å²) >= 11 is 0. The van der Waals surface area contributed by atoms with Gasteiger partial charge in [0.1, 0.15) is 5.75 Å². The van der Waals surface area contributed by atoms with Gasteiger partial charge in [-0.3, -0.25) is 4.79 Å². The number of amides is 1. The molecule has 0 saturated carbocycles. The van der Waals surface area contributed by atoms with E-state index < -0.39 is 6.10 Å². The van der Waals surface area contributed by atoms with E-state index in [9.17, 15) is 4.79 Å². The van der Waals surface area contributed by atoms with Gasteiger partial charge in [0.2, 0.25) is 0 Å². The smallest absolute Gasteiger partial charge is 0.261 e. The van der Waals surface area contributed by atoms with E-state index in [0.29, 0.717) is 13.0 Å². The normalized spacial score (nSPS) is 15.4. The number of hydrogen-bond acceptors (Lipinski definition) is 4. The van der Waals surface area contributed by atoms with Crippen LogP contribution in [0, 0.1) is 13.8 Å². The lowest BCUT2D eigenvalue weighted by atomic mass is 10.1. The van der Waals surface area contributed by atoms with Crippen molar-refractivity contribution >= 4 is 5.91 Å². The summed E-state index contributed by atoms with van der Waals surface area (Å²) in [7, 11) is 0. The van der Waals surface area contributed by atoms with Crippen LogP contribution in [0.5, 0.6) is 5.75 Å². The van der Waals surface area contributed by atoms with Crippen molar-refractivity contribution in [3.05, 3.63) is 71.2 Å². The second kappa shape index (κ2) is 6.63. The second-order valence-electron chi connectivity index (χ2n) is 6.50. The summed E-state index contributed by atoms with van der Waals surface area (Å²) in [5, 5.41) is 7.35. The van der Waals surface area contributed by atoms with Crippen LogP contribution in [-0.2, 0) is 17.8 Å². The van der Waals surface area contributed by atoms with Crippen LogP contribution in [0.1, 0.15) is 22.5 Å². The Bertz CT molecular complexity index is 922. The summed E-state index contributed by atoms with van der Waals surface area (Å²) in [4.78, 5) is 16.8. The predicted molar refractivity (Wildman–Crippen MR) is 97.2 cm³/mol. The van der Waals surface area contributed by atoms with E-state index in [1.807, 2.05) is 56.3 Å². The summed E-state index contributed by atoms with van der Waals surface area (Å²) in [5.74, 6) is 1.45. The molecule has 26 heavy (non-hydrogen) atoms. The number of aryl methyl sites for hydroxylation is 2. The summed E-state index contributed by atoms with van der Waals surface area (Å²) < 4.78 is 7.52. The van der Waals surface area contributed by atoms with Crippen molar-refractivity contribution in [3.8, 4) is 11.6 Å². The van der Waals surface area contributed by atoms with Gasteiger partial charge >= 0.3 is 0 Å². The van der Waals surface area contributed by atoms with Crippen LogP contribution in [0.2, 0.25) is 0 Å². The minimum Gasteiger partial charge on any atom is -0.480 e. The fraction of sp³-hybridized carbons (Fsp3) is 0.250. The van der Waals surface area contributed by atoms with E-state index in [4.69, 9.17) is 4.74 Å². The Morgan fingerprint density at radius 1 is 1.27 bits per heavy atom. The SMILES string of the molecule is Cc1cc(C)n(-c2ccc(CNC(=O)C3Cc4ccccc4O3)cn2)n1. The molecule has 1 unspecified atom stereocenters. The molecule has 0 bridgehead atoms. The van der Waals surface area contributed by atoms with Gasteiger partial charge in [-0.2, -0.15) is 5.10 Å². The third-order valence-electron chi connectivity index (χ3n) is 4.44. The molecule has 0 fully saturated rings. The van der Waals surface area contributed by atoms with Gasteiger partial charge in [-0.1, -0.05) is 24.3 Å². The molecular formula is C20H20N4O2. The maximum absolute atomic E-state index is 12.4. The third kappa shape index (κ3) is 3.18. The van der Waals surface area contributed by atoms with Crippen molar-refractivity contribution in [3.63, 3.8) is 0 Å². The lowest BCUT2D eigenvalue weighted by molar-refractivity contribution is -0.127. The van der Waals surface area contributed by atoms with Gasteiger partial charge in [-0.15, -0.1) is 0 Å². The maximum Gasteiger partial charge on any atom is 0.261 e. The van der Waals surface area contributed by atoms with Crippen molar-refractivity contribution in [2.75, 3.05) is 0 Å². The molecule has 3 aromatic rings. The fourth-order valence-electron chi connectivity index (χ4n) is 3.14. The molecule has 0 aliphatic carbocycles. The molecule has 0 spiro atoms. The highest BCUT2D eigenvalue weighted by Gasteiger charge is 2.28. The van der Waals surface area contributed by atoms with Crippen LogP contribution < -0.4 is 10.1 Å². The van der Waals surface area contributed by atoms with E-state index in [1.165, 1.54) is 0 Å². The van der Waals surface area contributed by atoms with Gasteiger partial charge in [0.25, 0.3) is 5.91 Å². The molecule has 2 aromatic heterocycles. The Labute approximate surface area is 151 Å². The number of rotatable bonds is 4. The third-order valence-corrected chi connectivity index (χ3v) is 4.44. The van der Waals surface area contributed by atoms with Crippen molar-refractivity contribution in [2.45, 2.75) is 32.9 Å². The van der Waals surface area contributed by atoms with E-state index >= 15 is 0 Å². The highest BCUT2D eigenvalue weighted by molar-refractivity contribution is 5.82. The molecular weight excluding hydrogens is 328 g/mol. The Morgan fingerprint density at radius 3 is 2.81 bits per heavy atom. The molecule has 1 atom stereocenters. The molecule has 6 heteroatoms. The molecule has 1 aromatic carbocycles. The van der Waals surface area contributed by atoms with Crippen molar-refractivity contribution in [2.24, 2.45) is 0 Å². The number of carbonyl (C=O) groups is 1. The van der Waals surface area contributed by atoms with Gasteiger partial charge < -0.3 is 10.1 Å². The number of aromatic nitrogens is 3. The summed E-state index contributed by atoms with van der Waals surface area (Å²) in [5.41, 5.74) is 4.00. The zero-order valence-electron chi connectivity index (χ0n) is 14.8. The molecule has 1 aliphatic rings. The number of benzene rings is 1.